The van der Waals surface area contributed by atoms with Crippen LogP contribution in [0.25, 0.3) is 0 Å². The summed E-state index contributed by atoms with van der Waals surface area (Å²) in [5.74, 6) is -1.52. The SMILES string of the molecule is C=CCOC(=O)C(O)CC(=O)OC. The smallest absolute Gasteiger partial charge is 0.335 e. The lowest BCUT2D eigenvalue weighted by Crippen LogP contribution is -2.26. The van der Waals surface area contributed by atoms with Gasteiger partial charge in [-0.2, -0.15) is 0 Å². The maximum atomic E-state index is 10.8. The highest BCUT2D eigenvalue weighted by atomic mass is 16.5. The standard InChI is InChI=1S/C8H12O5/c1-3-4-13-8(11)6(9)5-7(10)12-2/h3,6,9H,1,4-5H2,2H3. The Morgan fingerprint density at radius 3 is 2.69 bits per heavy atom. The van der Waals surface area contributed by atoms with E-state index in [1.165, 1.54) is 13.2 Å². The molecule has 1 N–H and O–H groups in total. The first-order valence-electron chi connectivity index (χ1n) is 3.64. The van der Waals surface area contributed by atoms with Crippen molar-refractivity contribution in [1.29, 1.82) is 0 Å². The van der Waals surface area contributed by atoms with E-state index in [0.717, 1.165) is 0 Å². The fourth-order valence-electron chi connectivity index (χ4n) is 0.562. The molecule has 0 aliphatic carbocycles. The van der Waals surface area contributed by atoms with Gasteiger partial charge in [-0.1, -0.05) is 12.7 Å². The van der Waals surface area contributed by atoms with E-state index in [4.69, 9.17) is 5.11 Å². The lowest BCUT2D eigenvalue weighted by Gasteiger charge is -2.07. The second kappa shape index (κ2) is 6.19. The van der Waals surface area contributed by atoms with E-state index in [1.807, 2.05) is 0 Å². The average Bonchev–Trinajstić information content (AvgIpc) is 2.13. The highest BCUT2D eigenvalue weighted by Crippen LogP contribution is 1.96. The van der Waals surface area contributed by atoms with Crippen LogP contribution in [-0.2, 0) is 19.1 Å². The summed E-state index contributed by atoms with van der Waals surface area (Å²) in [5.41, 5.74) is 0. The molecule has 0 radical (unpaired) electrons. The molecule has 0 fully saturated rings. The molecule has 0 aromatic rings. The second-order valence-electron chi connectivity index (χ2n) is 2.21. The summed E-state index contributed by atoms with van der Waals surface area (Å²) in [4.78, 5) is 21.4. The van der Waals surface area contributed by atoms with Gasteiger partial charge in [0.2, 0.25) is 0 Å². The van der Waals surface area contributed by atoms with Crippen molar-refractivity contribution >= 4 is 11.9 Å². The average molecular weight is 188 g/mol. The van der Waals surface area contributed by atoms with Gasteiger partial charge in [-0.3, -0.25) is 4.79 Å². The van der Waals surface area contributed by atoms with Gasteiger partial charge in [0.05, 0.1) is 13.5 Å². The first-order valence-corrected chi connectivity index (χ1v) is 3.64. The van der Waals surface area contributed by atoms with Crippen LogP contribution in [0.5, 0.6) is 0 Å². The predicted octanol–water partition coefficient (Wildman–Crippen LogP) is -0.360. The summed E-state index contributed by atoms with van der Waals surface area (Å²) in [6, 6.07) is 0. The van der Waals surface area contributed by atoms with Crippen LogP contribution in [0.2, 0.25) is 0 Å². The molecule has 0 saturated carbocycles. The molecule has 0 aromatic carbocycles. The molecule has 5 heteroatoms. The molecule has 74 valence electrons. The van der Waals surface area contributed by atoms with Crippen LogP contribution in [-0.4, -0.2) is 36.9 Å². The van der Waals surface area contributed by atoms with Crippen LogP contribution in [0, 0.1) is 0 Å². The Balaban J connectivity index is 3.81. The Morgan fingerprint density at radius 2 is 2.23 bits per heavy atom. The van der Waals surface area contributed by atoms with Crippen molar-refractivity contribution in [1.82, 2.24) is 0 Å². The number of hydrogen-bond acceptors (Lipinski definition) is 5. The first kappa shape index (κ1) is 11.6. The fourth-order valence-corrected chi connectivity index (χ4v) is 0.562. The number of methoxy groups -OCH3 is 1. The summed E-state index contributed by atoms with van der Waals surface area (Å²) in [7, 11) is 1.17. The molecule has 0 aliphatic rings. The molecule has 0 bridgehead atoms. The third-order valence-corrected chi connectivity index (χ3v) is 1.20. The molecule has 1 atom stereocenters. The third kappa shape index (κ3) is 4.97. The largest absolute Gasteiger partial charge is 0.469 e. The quantitative estimate of drug-likeness (QED) is 0.471. The molecule has 0 heterocycles. The summed E-state index contributed by atoms with van der Waals surface area (Å²) < 4.78 is 8.73. The van der Waals surface area contributed by atoms with E-state index in [2.05, 4.69) is 16.1 Å². The maximum Gasteiger partial charge on any atom is 0.335 e. The van der Waals surface area contributed by atoms with Crippen molar-refractivity contribution in [3.8, 4) is 0 Å². The van der Waals surface area contributed by atoms with Gasteiger partial charge >= 0.3 is 11.9 Å². The lowest BCUT2D eigenvalue weighted by molar-refractivity contribution is -0.158. The fraction of sp³-hybridized carbons (Fsp3) is 0.500. The molecule has 0 amide bonds. The molecule has 0 aliphatic heterocycles. The minimum Gasteiger partial charge on any atom is -0.469 e. The number of aliphatic hydroxyl groups excluding tert-OH is 1. The van der Waals surface area contributed by atoms with E-state index in [9.17, 15) is 9.59 Å². The van der Waals surface area contributed by atoms with Crippen molar-refractivity contribution in [3.63, 3.8) is 0 Å². The zero-order chi connectivity index (χ0) is 10.3. The molecule has 0 aromatic heterocycles. The Morgan fingerprint density at radius 1 is 1.62 bits per heavy atom. The van der Waals surface area contributed by atoms with Gasteiger partial charge in [0.15, 0.2) is 6.10 Å². The summed E-state index contributed by atoms with van der Waals surface area (Å²) in [5, 5.41) is 9.04. The monoisotopic (exact) mass is 188 g/mol. The number of carbonyl (C=O) groups is 2. The first-order chi connectivity index (χ1) is 6.11. The van der Waals surface area contributed by atoms with Gasteiger partial charge < -0.3 is 14.6 Å². The van der Waals surface area contributed by atoms with Crippen LogP contribution in [0.4, 0.5) is 0 Å². The van der Waals surface area contributed by atoms with Gasteiger partial charge in [-0.25, -0.2) is 4.79 Å². The van der Waals surface area contributed by atoms with Crippen LogP contribution in [0.1, 0.15) is 6.42 Å². The van der Waals surface area contributed by atoms with Gasteiger partial charge in [-0.05, 0) is 0 Å². The number of carbonyl (C=O) groups excluding carboxylic acids is 2. The van der Waals surface area contributed by atoms with E-state index >= 15 is 0 Å². The Kier molecular flexibility index (Phi) is 5.54. The summed E-state index contributed by atoms with van der Waals surface area (Å²) in [6.45, 7) is 3.33. The zero-order valence-corrected chi connectivity index (χ0v) is 7.36. The topological polar surface area (TPSA) is 72.8 Å². The van der Waals surface area contributed by atoms with Crippen LogP contribution in [0.15, 0.2) is 12.7 Å². The van der Waals surface area contributed by atoms with Crippen molar-refractivity contribution in [2.45, 2.75) is 12.5 Å². The van der Waals surface area contributed by atoms with Gasteiger partial charge in [0.1, 0.15) is 6.61 Å². The Bertz CT molecular complexity index is 199. The molecule has 0 rings (SSSR count). The zero-order valence-electron chi connectivity index (χ0n) is 7.36. The van der Waals surface area contributed by atoms with Crippen LogP contribution < -0.4 is 0 Å². The molecule has 1 unspecified atom stereocenters. The van der Waals surface area contributed by atoms with Crippen molar-refractivity contribution in [3.05, 3.63) is 12.7 Å². The van der Waals surface area contributed by atoms with Crippen LogP contribution >= 0.6 is 0 Å². The Hall–Kier alpha value is -1.36. The Labute approximate surface area is 75.9 Å². The van der Waals surface area contributed by atoms with Gasteiger partial charge in [-0.15, -0.1) is 0 Å². The van der Waals surface area contributed by atoms with E-state index in [1.54, 1.807) is 0 Å². The molecular formula is C8H12O5. The summed E-state index contributed by atoms with van der Waals surface area (Å²) in [6.07, 6.45) is -0.498. The van der Waals surface area contributed by atoms with Gasteiger partial charge in [0, 0.05) is 0 Å². The molecule has 0 spiro atoms. The van der Waals surface area contributed by atoms with Crippen LogP contribution in [0.3, 0.4) is 0 Å². The number of aliphatic hydroxyl groups is 1. The van der Waals surface area contributed by atoms with E-state index in [-0.39, 0.29) is 6.61 Å². The molecule has 0 saturated heterocycles. The number of hydrogen-bond donors (Lipinski definition) is 1. The minimum atomic E-state index is -1.47. The molecule has 5 nitrogen and oxygen atoms in total. The highest BCUT2D eigenvalue weighted by Gasteiger charge is 2.20. The van der Waals surface area contributed by atoms with E-state index < -0.39 is 24.5 Å². The van der Waals surface area contributed by atoms with Crippen molar-refractivity contribution in [2.75, 3.05) is 13.7 Å². The van der Waals surface area contributed by atoms with Crippen molar-refractivity contribution in [2.24, 2.45) is 0 Å². The van der Waals surface area contributed by atoms with Gasteiger partial charge in [0.25, 0.3) is 0 Å². The number of esters is 2. The lowest BCUT2D eigenvalue weighted by atomic mass is 10.2. The van der Waals surface area contributed by atoms with Crippen molar-refractivity contribution < 1.29 is 24.2 Å². The predicted molar refractivity (Wildman–Crippen MR) is 43.8 cm³/mol. The second-order valence-corrected chi connectivity index (χ2v) is 2.21. The van der Waals surface area contributed by atoms with E-state index in [0.29, 0.717) is 0 Å². The number of rotatable bonds is 5. The summed E-state index contributed by atoms with van der Waals surface area (Å²) >= 11 is 0. The molecular weight excluding hydrogens is 176 g/mol. The molecule has 13 heavy (non-hydrogen) atoms. The maximum absolute atomic E-state index is 10.8. The third-order valence-electron chi connectivity index (χ3n) is 1.20. The highest BCUT2D eigenvalue weighted by molar-refractivity contribution is 5.81. The number of ether oxygens (including phenoxy) is 2. The minimum absolute atomic E-state index is 0.0110. The normalized spacial score (nSPS) is 11.5.